The Kier molecular flexibility index (Phi) is 7.63. The summed E-state index contributed by atoms with van der Waals surface area (Å²) in [7, 11) is 3.10. The Balaban J connectivity index is 2.93. The third-order valence-corrected chi connectivity index (χ3v) is 2.88. The maximum absolute atomic E-state index is 14.3. The van der Waals surface area contributed by atoms with E-state index in [0.717, 1.165) is 0 Å². The monoisotopic (exact) mass is 299 g/mol. The Morgan fingerprint density at radius 2 is 1.95 bits per heavy atom. The Hall–Kier alpha value is -1.73. The third-order valence-electron chi connectivity index (χ3n) is 2.88. The summed E-state index contributed by atoms with van der Waals surface area (Å²) in [4.78, 5) is 17.8. The minimum Gasteiger partial charge on any atom is -0.383 e. The zero-order chi connectivity index (χ0) is 15.7. The first-order chi connectivity index (χ1) is 10.2. The van der Waals surface area contributed by atoms with Gasteiger partial charge < -0.3 is 19.7 Å². The number of carbonyl (C=O) groups is 1. The van der Waals surface area contributed by atoms with Gasteiger partial charge in [0, 0.05) is 40.1 Å². The van der Waals surface area contributed by atoms with E-state index >= 15 is 0 Å². The molecule has 21 heavy (non-hydrogen) atoms. The molecule has 0 aliphatic rings. The van der Waals surface area contributed by atoms with Crippen LogP contribution in [-0.2, 0) is 9.47 Å². The largest absolute Gasteiger partial charge is 0.383 e. The number of amides is 1. The summed E-state index contributed by atoms with van der Waals surface area (Å²) in [5, 5.41) is 2.79. The second-order valence-corrected chi connectivity index (χ2v) is 4.33. The first-order valence-electron chi connectivity index (χ1n) is 6.81. The van der Waals surface area contributed by atoms with Crippen LogP contribution in [0.25, 0.3) is 0 Å². The second-order valence-electron chi connectivity index (χ2n) is 4.33. The summed E-state index contributed by atoms with van der Waals surface area (Å²) >= 11 is 0. The summed E-state index contributed by atoms with van der Waals surface area (Å²) in [6.07, 6.45) is 1.42. The predicted molar refractivity (Wildman–Crippen MR) is 78.0 cm³/mol. The molecule has 1 heterocycles. The van der Waals surface area contributed by atoms with Crippen molar-refractivity contribution in [3.63, 3.8) is 0 Å². The SMILES string of the molecule is CCNc1nccc(C(=O)N(CCOC)CCOC)c1F. The molecule has 1 aromatic rings. The number of rotatable bonds is 9. The maximum Gasteiger partial charge on any atom is 0.257 e. The highest BCUT2D eigenvalue weighted by atomic mass is 19.1. The van der Waals surface area contributed by atoms with Gasteiger partial charge in [0.2, 0.25) is 0 Å². The Morgan fingerprint density at radius 3 is 2.48 bits per heavy atom. The van der Waals surface area contributed by atoms with E-state index in [1.54, 1.807) is 14.2 Å². The molecule has 0 fully saturated rings. The molecule has 0 aliphatic heterocycles. The Morgan fingerprint density at radius 1 is 1.33 bits per heavy atom. The molecule has 6 nitrogen and oxygen atoms in total. The van der Waals surface area contributed by atoms with Crippen molar-refractivity contribution in [3.05, 3.63) is 23.6 Å². The first kappa shape index (κ1) is 17.3. The van der Waals surface area contributed by atoms with Gasteiger partial charge in [-0.05, 0) is 13.0 Å². The molecular formula is C14H22FN3O3. The van der Waals surface area contributed by atoms with Crippen LogP contribution < -0.4 is 5.32 Å². The molecule has 1 aromatic heterocycles. The number of halogens is 1. The maximum atomic E-state index is 14.3. The quantitative estimate of drug-likeness (QED) is 0.746. The lowest BCUT2D eigenvalue weighted by Gasteiger charge is -2.22. The molecular weight excluding hydrogens is 277 g/mol. The lowest BCUT2D eigenvalue weighted by atomic mass is 10.2. The summed E-state index contributed by atoms with van der Waals surface area (Å²) in [6.45, 7) is 3.86. The van der Waals surface area contributed by atoms with Crippen molar-refractivity contribution in [1.82, 2.24) is 9.88 Å². The highest BCUT2D eigenvalue weighted by Gasteiger charge is 2.21. The number of nitrogens with one attached hydrogen (secondary N) is 1. The fourth-order valence-electron chi connectivity index (χ4n) is 1.79. The molecule has 0 aromatic carbocycles. The van der Waals surface area contributed by atoms with Crippen LogP contribution in [0, 0.1) is 5.82 Å². The van der Waals surface area contributed by atoms with Gasteiger partial charge in [-0.3, -0.25) is 4.79 Å². The van der Waals surface area contributed by atoms with E-state index in [0.29, 0.717) is 32.8 Å². The fraction of sp³-hybridized carbons (Fsp3) is 0.571. The van der Waals surface area contributed by atoms with Crippen LogP contribution in [0.2, 0.25) is 0 Å². The number of aromatic nitrogens is 1. The van der Waals surface area contributed by atoms with E-state index in [1.807, 2.05) is 6.92 Å². The molecule has 0 unspecified atom stereocenters. The van der Waals surface area contributed by atoms with Crippen LogP contribution in [0.5, 0.6) is 0 Å². The highest BCUT2D eigenvalue weighted by Crippen LogP contribution is 2.16. The molecule has 0 bridgehead atoms. The molecule has 0 saturated carbocycles. The van der Waals surface area contributed by atoms with Gasteiger partial charge in [-0.25, -0.2) is 9.37 Å². The van der Waals surface area contributed by atoms with Gasteiger partial charge in [-0.1, -0.05) is 0 Å². The molecule has 1 rings (SSSR count). The van der Waals surface area contributed by atoms with Gasteiger partial charge in [0.15, 0.2) is 11.6 Å². The van der Waals surface area contributed by atoms with Crippen LogP contribution >= 0.6 is 0 Å². The van der Waals surface area contributed by atoms with Gasteiger partial charge in [-0.2, -0.15) is 0 Å². The van der Waals surface area contributed by atoms with Gasteiger partial charge in [-0.15, -0.1) is 0 Å². The van der Waals surface area contributed by atoms with Crippen molar-refractivity contribution < 1.29 is 18.7 Å². The molecule has 1 amide bonds. The molecule has 0 radical (unpaired) electrons. The molecule has 0 aliphatic carbocycles. The van der Waals surface area contributed by atoms with Crippen molar-refractivity contribution in [3.8, 4) is 0 Å². The number of anilines is 1. The van der Waals surface area contributed by atoms with E-state index in [1.165, 1.54) is 17.2 Å². The summed E-state index contributed by atoms with van der Waals surface area (Å²) in [6, 6.07) is 1.38. The smallest absolute Gasteiger partial charge is 0.257 e. The van der Waals surface area contributed by atoms with Crippen LogP contribution in [0.4, 0.5) is 10.2 Å². The van der Waals surface area contributed by atoms with Crippen LogP contribution in [0.1, 0.15) is 17.3 Å². The number of nitrogens with zero attached hydrogens (tertiary/aromatic N) is 2. The molecule has 1 N–H and O–H groups in total. The highest BCUT2D eigenvalue weighted by molar-refractivity contribution is 5.95. The zero-order valence-corrected chi connectivity index (χ0v) is 12.7. The normalized spacial score (nSPS) is 10.5. The predicted octanol–water partition coefficient (Wildman–Crippen LogP) is 1.39. The third kappa shape index (κ3) is 4.95. The van der Waals surface area contributed by atoms with Crippen molar-refractivity contribution in [2.75, 3.05) is 52.4 Å². The summed E-state index contributed by atoms with van der Waals surface area (Å²) < 4.78 is 24.2. The average Bonchev–Trinajstić information content (AvgIpc) is 2.49. The minimum absolute atomic E-state index is 0.00634. The second kappa shape index (κ2) is 9.25. The van der Waals surface area contributed by atoms with E-state index in [9.17, 15) is 9.18 Å². The van der Waals surface area contributed by atoms with E-state index < -0.39 is 11.7 Å². The number of hydrogen-bond donors (Lipinski definition) is 1. The molecule has 118 valence electrons. The average molecular weight is 299 g/mol. The van der Waals surface area contributed by atoms with Crippen molar-refractivity contribution >= 4 is 11.7 Å². The molecule has 0 saturated heterocycles. The first-order valence-corrected chi connectivity index (χ1v) is 6.81. The standard InChI is InChI=1S/C14H22FN3O3/c1-4-16-13-12(15)11(5-6-17-13)14(19)18(7-9-20-2)8-10-21-3/h5-6H,4,7-10H2,1-3H3,(H,16,17). The fourth-order valence-corrected chi connectivity index (χ4v) is 1.79. The van der Waals surface area contributed by atoms with Crippen molar-refractivity contribution in [2.24, 2.45) is 0 Å². The summed E-state index contributed by atoms with van der Waals surface area (Å²) in [5.74, 6) is -0.950. The molecule has 7 heteroatoms. The molecule has 0 spiro atoms. The number of carbonyl (C=O) groups excluding carboxylic acids is 1. The number of pyridine rings is 1. The Bertz CT molecular complexity index is 449. The van der Waals surface area contributed by atoms with Crippen LogP contribution in [0.3, 0.4) is 0 Å². The lowest BCUT2D eigenvalue weighted by molar-refractivity contribution is 0.0623. The van der Waals surface area contributed by atoms with Gasteiger partial charge in [0.25, 0.3) is 5.91 Å². The van der Waals surface area contributed by atoms with E-state index in [4.69, 9.17) is 9.47 Å². The zero-order valence-electron chi connectivity index (χ0n) is 12.7. The van der Waals surface area contributed by atoms with E-state index in [-0.39, 0.29) is 11.4 Å². The Labute approximate surface area is 124 Å². The number of hydrogen-bond acceptors (Lipinski definition) is 5. The van der Waals surface area contributed by atoms with Gasteiger partial charge >= 0.3 is 0 Å². The van der Waals surface area contributed by atoms with Crippen molar-refractivity contribution in [1.29, 1.82) is 0 Å². The van der Waals surface area contributed by atoms with Gasteiger partial charge in [0.05, 0.1) is 18.8 Å². The lowest BCUT2D eigenvalue weighted by Crippen LogP contribution is -2.37. The summed E-state index contributed by atoms with van der Waals surface area (Å²) in [5.41, 5.74) is -0.00634. The van der Waals surface area contributed by atoms with Crippen LogP contribution in [0.15, 0.2) is 12.3 Å². The number of ether oxygens (including phenoxy) is 2. The van der Waals surface area contributed by atoms with Crippen LogP contribution in [-0.4, -0.2) is 62.9 Å². The topological polar surface area (TPSA) is 63.7 Å². The van der Waals surface area contributed by atoms with E-state index in [2.05, 4.69) is 10.3 Å². The van der Waals surface area contributed by atoms with Crippen molar-refractivity contribution in [2.45, 2.75) is 6.92 Å². The minimum atomic E-state index is -0.635. The van der Waals surface area contributed by atoms with Gasteiger partial charge in [0.1, 0.15) is 0 Å². The molecule has 0 atom stereocenters. The number of methoxy groups -OCH3 is 2.